The second-order valence-corrected chi connectivity index (χ2v) is 5.56. The van der Waals surface area contributed by atoms with Crippen molar-refractivity contribution in [2.45, 2.75) is 0 Å². The maximum Gasteiger partial charge on any atom is 0.255 e. The number of fused-ring (bicyclic) bond motifs is 1. The highest BCUT2D eigenvalue weighted by molar-refractivity contribution is 9.10. The molecule has 3 aromatic rings. The number of aromatic nitrogens is 1. The van der Waals surface area contributed by atoms with Crippen molar-refractivity contribution in [1.29, 1.82) is 0 Å². The molecule has 0 saturated heterocycles. The van der Waals surface area contributed by atoms with Gasteiger partial charge in [-0.25, -0.2) is 0 Å². The van der Waals surface area contributed by atoms with Crippen LogP contribution in [0.4, 0.5) is 11.4 Å². The van der Waals surface area contributed by atoms with Crippen LogP contribution in [0.15, 0.2) is 59.2 Å². The van der Waals surface area contributed by atoms with Crippen molar-refractivity contribution < 1.29 is 4.79 Å². The number of anilines is 2. The second-order valence-electron chi connectivity index (χ2n) is 4.64. The Balaban J connectivity index is 1.88. The number of nitrogens with one attached hydrogen (secondary N) is 1. The van der Waals surface area contributed by atoms with Crippen molar-refractivity contribution in [2.24, 2.45) is 0 Å². The largest absolute Gasteiger partial charge is 0.399 e. The van der Waals surface area contributed by atoms with Gasteiger partial charge in [0, 0.05) is 21.1 Å². The van der Waals surface area contributed by atoms with Crippen molar-refractivity contribution in [2.75, 3.05) is 11.1 Å². The number of nitrogens with two attached hydrogens (primary N) is 1. The predicted octanol–water partition coefficient (Wildman–Crippen LogP) is 3.83. The Kier molecular flexibility index (Phi) is 3.58. The van der Waals surface area contributed by atoms with Crippen LogP contribution in [0.2, 0.25) is 0 Å². The first-order chi connectivity index (χ1) is 10.1. The van der Waals surface area contributed by atoms with E-state index in [4.69, 9.17) is 5.73 Å². The summed E-state index contributed by atoms with van der Waals surface area (Å²) >= 11 is 3.33. The van der Waals surface area contributed by atoms with E-state index in [1.807, 2.05) is 30.3 Å². The molecule has 0 aliphatic heterocycles. The van der Waals surface area contributed by atoms with Crippen LogP contribution in [0.25, 0.3) is 10.9 Å². The van der Waals surface area contributed by atoms with Crippen molar-refractivity contribution in [3.8, 4) is 0 Å². The first-order valence-electron chi connectivity index (χ1n) is 6.34. The molecule has 1 aromatic heterocycles. The van der Waals surface area contributed by atoms with E-state index in [1.54, 1.807) is 24.4 Å². The zero-order valence-corrected chi connectivity index (χ0v) is 12.6. The molecule has 0 aliphatic rings. The van der Waals surface area contributed by atoms with Gasteiger partial charge in [-0.1, -0.05) is 34.1 Å². The first kappa shape index (κ1) is 13.6. The summed E-state index contributed by atoms with van der Waals surface area (Å²) in [6, 6.07) is 14.7. The monoisotopic (exact) mass is 341 g/mol. The zero-order chi connectivity index (χ0) is 14.8. The Morgan fingerprint density at radius 1 is 1.14 bits per heavy atom. The molecule has 5 heteroatoms. The average molecular weight is 342 g/mol. The Bertz CT molecular complexity index is 812. The molecule has 4 nitrogen and oxygen atoms in total. The van der Waals surface area contributed by atoms with Gasteiger partial charge < -0.3 is 11.1 Å². The van der Waals surface area contributed by atoms with E-state index in [-0.39, 0.29) is 5.91 Å². The van der Waals surface area contributed by atoms with Gasteiger partial charge in [-0.15, -0.1) is 0 Å². The molecule has 0 radical (unpaired) electrons. The molecule has 0 bridgehead atoms. The van der Waals surface area contributed by atoms with E-state index in [9.17, 15) is 4.79 Å². The maximum absolute atomic E-state index is 12.2. The van der Waals surface area contributed by atoms with Crippen molar-refractivity contribution in [1.82, 2.24) is 4.98 Å². The van der Waals surface area contributed by atoms with E-state index in [1.165, 1.54) is 0 Å². The fourth-order valence-corrected chi connectivity index (χ4v) is 2.60. The summed E-state index contributed by atoms with van der Waals surface area (Å²) in [5, 5.41) is 3.80. The third-order valence-electron chi connectivity index (χ3n) is 3.03. The smallest absolute Gasteiger partial charge is 0.255 e. The highest BCUT2D eigenvalue weighted by Crippen LogP contribution is 2.20. The van der Waals surface area contributed by atoms with Crippen molar-refractivity contribution in [3.05, 3.63) is 64.8 Å². The topological polar surface area (TPSA) is 68.0 Å². The van der Waals surface area contributed by atoms with Crippen LogP contribution in [0.5, 0.6) is 0 Å². The SMILES string of the molecule is Nc1cc(Br)cc(C(=O)Nc2cnc3ccccc3c2)c1. The van der Waals surface area contributed by atoms with Crippen LogP contribution in [-0.2, 0) is 0 Å². The van der Waals surface area contributed by atoms with Crippen molar-refractivity contribution >= 4 is 44.1 Å². The maximum atomic E-state index is 12.2. The van der Waals surface area contributed by atoms with Gasteiger partial charge in [0.2, 0.25) is 0 Å². The van der Waals surface area contributed by atoms with Crippen LogP contribution >= 0.6 is 15.9 Å². The lowest BCUT2D eigenvalue weighted by Gasteiger charge is -2.07. The van der Waals surface area contributed by atoms with Gasteiger partial charge in [-0.3, -0.25) is 9.78 Å². The van der Waals surface area contributed by atoms with Crippen LogP contribution in [0.1, 0.15) is 10.4 Å². The molecule has 1 amide bonds. The van der Waals surface area contributed by atoms with Crippen LogP contribution < -0.4 is 11.1 Å². The van der Waals surface area contributed by atoms with Gasteiger partial charge in [0.15, 0.2) is 0 Å². The lowest BCUT2D eigenvalue weighted by molar-refractivity contribution is 0.102. The summed E-state index contributed by atoms with van der Waals surface area (Å²) in [6.45, 7) is 0. The molecule has 0 saturated carbocycles. The molecular formula is C16H12BrN3O. The minimum absolute atomic E-state index is 0.222. The number of amides is 1. The minimum atomic E-state index is -0.222. The van der Waals surface area contributed by atoms with Gasteiger partial charge in [0.25, 0.3) is 5.91 Å². The molecule has 0 aliphatic carbocycles. The summed E-state index contributed by atoms with van der Waals surface area (Å²) in [4.78, 5) is 16.6. The number of halogens is 1. The summed E-state index contributed by atoms with van der Waals surface area (Å²) in [6.07, 6.45) is 1.64. The normalized spacial score (nSPS) is 10.5. The number of para-hydroxylation sites is 1. The summed E-state index contributed by atoms with van der Waals surface area (Å²) < 4.78 is 0.768. The standard InChI is InChI=1S/C16H12BrN3O/c17-12-5-11(6-13(18)8-12)16(21)20-14-7-10-3-1-2-4-15(10)19-9-14/h1-9H,18H2,(H,20,21). The molecule has 2 aromatic carbocycles. The number of nitrogen functional groups attached to an aromatic ring is 1. The number of benzene rings is 2. The van der Waals surface area contributed by atoms with Crippen LogP contribution in [-0.4, -0.2) is 10.9 Å². The average Bonchev–Trinajstić information content (AvgIpc) is 2.46. The molecule has 1 heterocycles. The summed E-state index contributed by atoms with van der Waals surface area (Å²) in [5.74, 6) is -0.222. The molecule has 0 fully saturated rings. The number of carbonyl (C=O) groups excluding carboxylic acids is 1. The van der Waals surface area contributed by atoms with Gasteiger partial charge in [0.05, 0.1) is 17.4 Å². The fraction of sp³-hybridized carbons (Fsp3) is 0. The Morgan fingerprint density at radius 2 is 1.95 bits per heavy atom. The number of nitrogens with zero attached hydrogens (tertiary/aromatic N) is 1. The Morgan fingerprint density at radius 3 is 2.76 bits per heavy atom. The van der Waals surface area contributed by atoms with Gasteiger partial charge in [-0.2, -0.15) is 0 Å². The number of hydrogen-bond acceptors (Lipinski definition) is 3. The number of hydrogen-bond donors (Lipinski definition) is 2. The van der Waals surface area contributed by atoms with E-state index >= 15 is 0 Å². The van der Waals surface area contributed by atoms with E-state index < -0.39 is 0 Å². The second kappa shape index (κ2) is 5.54. The van der Waals surface area contributed by atoms with E-state index in [0.29, 0.717) is 16.9 Å². The lowest BCUT2D eigenvalue weighted by atomic mass is 10.1. The highest BCUT2D eigenvalue weighted by atomic mass is 79.9. The first-order valence-corrected chi connectivity index (χ1v) is 7.13. The van der Waals surface area contributed by atoms with Crippen LogP contribution in [0.3, 0.4) is 0 Å². The predicted molar refractivity (Wildman–Crippen MR) is 88.3 cm³/mol. The molecule has 0 unspecified atom stereocenters. The van der Waals surface area contributed by atoms with E-state index in [2.05, 4.69) is 26.2 Å². The summed E-state index contributed by atoms with van der Waals surface area (Å²) in [7, 11) is 0. The van der Waals surface area contributed by atoms with Gasteiger partial charge in [-0.05, 0) is 30.3 Å². The third-order valence-corrected chi connectivity index (χ3v) is 3.49. The zero-order valence-electron chi connectivity index (χ0n) is 11.0. The number of carbonyl (C=O) groups is 1. The van der Waals surface area contributed by atoms with Crippen molar-refractivity contribution in [3.63, 3.8) is 0 Å². The minimum Gasteiger partial charge on any atom is -0.399 e. The number of pyridine rings is 1. The molecular weight excluding hydrogens is 330 g/mol. The summed E-state index contributed by atoms with van der Waals surface area (Å²) in [5.41, 5.74) is 8.31. The lowest BCUT2D eigenvalue weighted by Crippen LogP contribution is -2.12. The van der Waals surface area contributed by atoms with Gasteiger partial charge in [0.1, 0.15) is 0 Å². The highest BCUT2D eigenvalue weighted by Gasteiger charge is 2.08. The molecule has 0 atom stereocenters. The number of rotatable bonds is 2. The molecule has 21 heavy (non-hydrogen) atoms. The molecule has 3 rings (SSSR count). The van der Waals surface area contributed by atoms with E-state index in [0.717, 1.165) is 15.4 Å². The molecule has 104 valence electrons. The third kappa shape index (κ3) is 3.03. The quantitative estimate of drug-likeness (QED) is 0.696. The van der Waals surface area contributed by atoms with Gasteiger partial charge >= 0.3 is 0 Å². The fourth-order valence-electron chi connectivity index (χ4n) is 2.09. The van der Waals surface area contributed by atoms with Crippen LogP contribution in [0, 0.1) is 0 Å². The Labute approximate surface area is 130 Å². The Hall–Kier alpha value is -2.40. The molecule has 0 spiro atoms. The molecule has 3 N–H and O–H groups in total.